The number of aliphatic hydroxyl groups excluding tert-OH is 1. The summed E-state index contributed by atoms with van der Waals surface area (Å²) in [7, 11) is 0. The summed E-state index contributed by atoms with van der Waals surface area (Å²) in [6.45, 7) is 14.7. The molecule has 1 unspecified atom stereocenters. The van der Waals surface area contributed by atoms with E-state index < -0.39 is 53.4 Å². The lowest BCUT2D eigenvalue weighted by atomic mass is 9.99. The topological polar surface area (TPSA) is 111 Å². The average molecular weight is 389 g/mol. The molecule has 0 aromatic heterocycles. The van der Waals surface area contributed by atoms with Gasteiger partial charge >= 0.3 is 18.0 Å². The van der Waals surface area contributed by atoms with Crippen molar-refractivity contribution in [3.63, 3.8) is 0 Å². The summed E-state index contributed by atoms with van der Waals surface area (Å²) in [5, 5.41) is 12.0. The minimum absolute atomic E-state index is 0.181. The molecular weight excluding hydrogens is 354 g/mol. The molecule has 0 saturated heterocycles. The van der Waals surface area contributed by atoms with E-state index in [-0.39, 0.29) is 6.42 Å². The summed E-state index contributed by atoms with van der Waals surface area (Å²) < 4.78 is 15.7. The molecule has 0 fully saturated rings. The van der Waals surface area contributed by atoms with Crippen LogP contribution in [0, 0.1) is 5.92 Å². The minimum atomic E-state index is -1.30. The van der Waals surface area contributed by atoms with Crippen LogP contribution in [-0.2, 0) is 23.8 Å². The van der Waals surface area contributed by atoms with Gasteiger partial charge in [0.2, 0.25) is 0 Å². The van der Waals surface area contributed by atoms with E-state index in [0.717, 1.165) is 0 Å². The lowest BCUT2D eigenvalue weighted by Crippen LogP contribution is -2.45. The van der Waals surface area contributed by atoms with Crippen molar-refractivity contribution < 1.29 is 33.7 Å². The first kappa shape index (κ1) is 25.2. The Morgan fingerprint density at radius 1 is 0.778 bits per heavy atom. The fraction of sp³-hybridized carbons (Fsp3) is 0.842. The monoisotopic (exact) mass is 389 g/mol. The summed E-state index contributed by atoms with van der Waals surface area (Å²) in [5.74, 6) is -2.85. The maximum atomic E-state index is 12.5. The molecule has 0 radical (unpaired) electrons. The summed E-state index contributed by atoms with van der Waals surface area (Å²) >= 11 is 0. The molecular formula is C19H35NO7. The van der Waals surface area contributed by atoms with Gasteiger partial charge in [-0.15, -0.1) is 0 Å². The van der Waals surface area contributed by atoms with E-state index in [9.17, 15) is 19.5 Å². The molecule has 8 nitrogen and oxygen atoms in total. The zero-order chi connectivity index (χ0) is 21.6. The molecule has 1 amide bonds. The molecule has 0 aliphatic rings. The van der Waals surface area contributed by atoms with Gasteiger partial charge in [-0.2, -0.15) is 0 Å². The molecule has 0 aromatic carbocycles. The van der Waals surface area contributed by atoms with Crippen LogP contribution in [0.5, 0.6) is 0 Å². The number of ether oxygens (including phenoxy) is 3. The first-order valence-corrected chi connectivity index (χ1v) is 8.99. The van der Waals surface area contributed by atoms with E-state index in [2.05, 4.69) is 5.32 Å². The number of carbonyl (C=O) groups excluding carboxylic acids is 3. The smallest absolute Gasteiger partial charge is 0.407 e. The highest BCUT2D eigenvalue weighted by Crippen LogP contribution is 2.20. The third-order valence-electron chi connectivity index (χ3n) is 2.84. The van der Waals surface area contributed by atoms with Crippen LogP contribution in [0.25, 0.3) is 0 Å². The second kappa shape index (κ2) is 9.39. The molecule has 0 rings (SSSR count). The van der Waals surface area contributed by atoms with Gasteiger partial charge in [-0.05, 0) is 68.7 Å². The Labute approximate surface area is 161 Å². The molecule has 0 aliphatic heterocycles. The van der Waals surface area contributed by atoms with Crippen LogP contribution in [0.4, 0.5) is 4.79 Å². The van der Waals surface area contributed by atoms with E-state index >= 15 is 0 Å². The first-order chi connectivity index (χ1) is 11.9. The third kappa shape index (κ3) is 12.2. The summed E-state index contributed by atoms with van der Waals surface area (Å²) in [5.41, 5.74) is -2.32. The number of hydrogen-bond acceptors (Lipinski definition) is 7. The van der Waals surface area contributed by atoms with Crippen LogP contribution in [0.2, 0.25) is 0 Å². The number of carbonyl (C=O) groups is 3. The maximum absolute atomic E-state index is 12.5. The van der Waals surface area contributed by atoms with Crippen molar-refractivity contribution in [2.24, 2.45) is 5.92 Å². The molecule has 0 saturated carbocycles. The highest BCUT2D eigenvalue weighted by molar-refractivity contribution is 5.95. The highest BCUT2D eigenvalue weighted by atomic mass is 16.6. The van der Waals surface area contributed by atoms with E-state index in [1.165, 1.54) is 0 Å². The molecule has 0 spiro atoms. The quantitative estimate of drug-likeness (QED) is 0.408. The summed E-state index contributed by atoms with van der Waals surface area (Å²) in [4.78, 5) is 36.9. The van der Waals surface area contributed by atoms with Gasteiger partial charge in [0.05, 0.1) is 12.6 Å². The van der Waals surface area contributed by atoms with Crippen LogP contribution in [-0.4, -0.2) is 52.6 Å². The molecule has 0 aromatic rings. The fourth-order valence-corrected chi connectivity index (χ4v) is 1.97. The van der Waals surface area contributed by atoms with Gasteiger partial charge in [-0.1, -0.05) is 0 Å². The zero-order valence-corrected chi connectivity index (χ0v) is 18.0. The molecule has 27 heavy (non-hydrogen) atoms. The lowest BCUT2D eigenvalue weighted by Gasteiger charge is -2.28. The number of amides is 1. The standard InChI is InChI=1S/C19H35NO7/c1-17(2,3)25-14(22)13(15(23)26-18(4,5)6)10-12(11-21)20-16(24)27-19(7,8)9/h12-13,21H,10-11H2,1-9H3,(H,20,24). The maximum Gasteiger partial charge on any atom is 0.407 e. The Morgan fingerprint density at radius 2 is 1.15 bits per heavy atom. The molecule has 0 aliphatic carbocycles. The van der Waals surface area contributed by atoms with Crippen molar-refractivity contribution in [2.75, 3.05) is 6.61 Å². The van der Waals surface area contributed by atoms with Gasteiger partial charge in [0.1, 0.15) is 16.8 Å². The van der Waals surface area contributed by atoms with E-state index in [4.69, 9.17) is 14.2 Å². The number of hydrogen-bond donors (Lipinski definition) is 2. The number of aliphatic hydroxyl groups is 1. The largest absolute Gasteiger partial charge is 0.459 e. The van der Waals surface area contributed by atoms with Gasteiger partial charge < -0.3 is 24.6 Å². The second-order valence-corrected chi connectivity index (χ2v) is 9.38. The van der Waals surface area contributed by atoms with Crippen LogP contribution in [0.1, 0.15) is 68.7 Å². The van der Waals surface area contributed by atoms with Crippen molar-refractivity contribution in [2.45, 2.75) is 91.6 Å². The van der Waals surface area contributed by atoms with E-state index in [1.54, 1.807) is 62.3 Å². The van der Waals surface area contributed by atoms with Crippen LogP contribution in [0.15, 0.2) is 0 Å². The predicted molar refractivity (Wildman–Crippen MR) is 100 cm³/mol. The number of nitrogens with one attached hydrogen (secondary N) is 1. The predicted octanol–water partition coefficient (Wildman–Crippen LogP) is 2.56. The number of alkyl carbamates (subject to hydrolysis) is 1. The van der Waals surface area contributed by atoms with Crippen molar-refractivity contribution in [1.29, 1.82) is 0 Å². The van der Waals surface area contributed by atoms with Gasteiger partial charge in [-0.3, -0.25) is 9.59 Å². The van der Waals surface area contributed by atoms with E-state index in [1.807, 2.05) is 0 Å². The number of rotatable bonds is 6. The molecule has 1 atom stereocenters. The summed E-state index contributed by atoms with van der Waals surface area (Å²) in [6.07, 6.45) is -0.937. The van der Waals surface area contributed by atoms with Gasteiger partial charge in [0, 0.05) is 0 Å². The van der Waals surface area contributed by atoms with Gasteiger partial charge in [0.15, 0.2) is 5.92 Å². The Morgan fingerprint density at radius 3 is 1.44 bits per heavy atom. The Bertz CT molecular complexity index is 496. The molecule has 0 heterocycles. The Balaban J connectivity index is 5.31. The van der Waals surface area contributed by atoms with Crippen LogP contribution < -0.4 is 5.32 Å². The highest BCUT2D eigenvalue weighted by Gasteiger charge is 2.37. The zero-order valence-electron chi connectivity index (χ0n) is 18.0. The first-order valence-electron chi connectivity index (χ1n) is 8.99. The lowest BCUT2D eigenvalue weighted by molar-refractivity contribution is -0.175. The van der Waals surface area contributed by atoms with Crippen LogP contribution >= 0.6 is 0 Å². The van der Waals surface area contributed by atoms with Crippen molar-refractivity contribution in [3.8, 4) is 0 Å². The normalized spacial score (nSPS) is 13.7. The molecule has 8 heteroatoms. The Kier molecular flexibility index (Phi) is 8.76. The van der Waals surface area contributed by atoms with Crippen LogP contribution in [0.3, 0.4) is 0 Å². The minimum Gasteiger partial charge on any atom is -0.459 e. The fourth-order valence-electron chi connectivity index (χ4n) is 1.97. The van der Waals surface area contributed by atoms with Gasteiger partial charge in [-0.25, -0.2) is 4.79 Å². The van der Waals surface area contributed by atoms with Gasteiger partial charge in [0.25, 0.3) is 0 Å². The molecule has 2 N–H and O–H groups in total. The van der Waals surface area contributed by atoms with E-state index in [0.29, 0.717) is 0 Å². The van der Waals surface area contributed by atoms with Crippen molar-refractivity contribution in [3.05, 3.63) is 0 Å². The third-order valence-corrected chi connectivity index (χ3v) is 2.84. The average Bonchev–Trinajstić information content (AvgIpc) is 2.36. The summed E-state index contributed by atoms with van der Waals surface area (Å²) in [6, 6.07) is -0.884. The van der Waals surface area contributed by atoms with Crippen molar-refractivity contribution >= 4 is 18.0 Å². The molecule has 0 bridgehead atoms. The SMILES string of the molecule is CC(C)(C)OC(=O)NC(CO)CC(C(=O)OC(C)(C)C)C(=O)OC(C)(C)C. The molecule has 158 valence electrons. The second-order valence-electron chi connectivity index (χ2n) is 9.38. The van der Waals surface area contributed by atoms with Crippen molar-refractivity contribution in [1.82, 2.24) is 5.32 Å². The number of esters is 2. The Hall–Kier alpha value is -1.83.